The molecule has 0 N–H and O–H groups in total. The second-order valence-corrected chi connectivity index (χ2v) is 3.99. The quantitative estimate of drug-likeness (QED) is 0.646. The van der Waals surface area contributed by atoms with Crippen LogP contribution in [0.1, 0.15) is 11.1 Å². The molecule has 1 heterocycles. The van der Waals surface area contributed by atoms with E-state index >= 15 is 0 Å². The Morgan fingerprint density at radius 2 is 1.25 bits per heavy atom. The standard InChI is InChI=1S/C14H12.C4H3N2/c1-3-7-13(8-4-1)11-12-14-9-5-2-6-10-14;1-2-6-4-3-5-1/h1-12H;1-3H. The van der Waals surface area contributed by atoms with Crippen LogP contribution >= 0.6 is 0 Å². The summed E-state index contributed by atoms with van der Waals surface area (Å²) >= 11 is 0. The molecule has 0 aliphatic heterocycles. The van der Waals surface area contributed by atoms with Gasteiger partial charge in [-0.25, -0.2) is 0 Å². The van der Waals surface area contributed by atoms with Crippen LogP contribution in [0.4, 0.5) is 0 Å². The summed E-state index contributed by atoms with van der Waals surface area (Å²) in [5.74, 6) is 0. The molecule has 0 unspecified atom stereocenters. The molecule has 0 amide bonds. The number of aromatic nitrogens is 2. The minimum Gasteiger partial charge on any atom is -0.261 e. The lowest BCUT2D eigenvalue weighted by Crippen LogP contribution is -1.70. The molecule has 0 aliphatic rings. The summed E-state index contributed by atoms with van der Waals surface area (Å²) in [7, 11) is 0. The summed E-state index contributed by atoms with van der Waals surface area (Å²) in [5, 5.41) is 0. The van der Waals surface area contributed by atoms with E-state index in [4.69, 9.17) is 0 Å². The monoisotopic (exact) mass is 259 g/mol. The summed E-state index contributed by atoms with van der Waals surface area (Å²) in [6.45, 7) is 0. The maximum Gasteiger partial charge on any atom is 0.108 e. The number of nitrogens with zero attached hydrogens (tertiary/aromatic N) is 2. The van der Waals surface area contributed by atoms with Crippen molar-refractivity contribution < 1.29 is 0 Å². The van der Waals surface area contributed by atoms with E-state index in [-0.39, 0.29) is 0 Å². The molecular weight excluding hydrogens is 244 g/mol. The largest absolute Gasteiger partial charge is 0.261 e. The molecule has 20 heavy (non-hydrogen) atoms. The second kappa shape index (κ2) is 8.38. The normalized spacial score (nSPS) is 9.80. The molecule has 2 heteroatoms. The maximum absolute atomic E-state index is 3.67. The molecule has 0 spiro atoms. The zero-order valence-corrected chi connectivity index (χ0v) is 11.1. The van der Waals surface area contributed by atoms with E-state index in [1.54, 1.807) is 12.4 Å². The fourth-order valence-corrected chi connectivity index (χ4v) is 1.55. The van der Waals surface area contributed by atoms with Gasteiger partial charge in [0.25, 0.3) is 0 Å². The third kappa shape index (κ3) is 5.27. The third-order valence-corrected chi connectivity index (χ3v) is 2.50. The van der Waals surface area contributed by atoms with Crippen molar-refractivity contribution in [3.05, 3.63) is 96.6 Å². The molecule has 0 bridgehead atoms. The van der Waals surface area contributed by atoms with Gasteiger partial charge in [0.2, 0.25) is 0 Å². The zero-order valence-electron chi connectivity index (χ0n) is 11.1. The number of hydrogen-bond donors (Lipinski definition) is 0. The van der Waals surface area contributed by atoms with Crippen molar-refractivity contribution in [3.8, 4) is 0 Å². The smallest absolute Gasteiger partial charge is 0.108 e. The van der Waals surface area contributed by atoms with Gasteiger partial charge in [-0.15, -0.1) is 0 Å². The maximum atomic E-state index is 3.67. The van der Waals surface area contributed by atoms with E-state index in [0.717, 1.165) is 0 Å². The van der Waals surface area contributed by atoms with Crippen molar-refractivity contribution >= 4 is 12.2 Å². The highest BCUT2D eigenvalue weighted by molar-refractivity contribution is 5.69. The topological polar surface area (TPSA) is 25.8 Å². The lowest BCUT2D eigenvalue weighted by Gasteiger charge is -1.92. The lowest BCUT2D eigenvalue weighted by atomic mass is 10.1. The zero-order chi connectivity index (χ0) is 13.9. The Bertz CT molecular complexity index is 537. The van der Waals surface area contributed by atoms with Crippen molar-refractivity contribution in [3.63, 3.8) is 0 Å². The molecule has 0 saturated carbocycles. The molecular formula is C18H15N2. The van der Waals surface area contributed by atoms with Crippen LogP contribution < -0.4 is 0 Å². The van der Waals surface area contributed by atoms with Gasteiger partial charge in [0, 0.05) is 12.4 Å². The van der Waals surface area contributed by atoms with E-state index < -0.39 is 0 Å². The fraction of sp³-hybridized carbons (Fsp3) is 0. The summed E-state index contributed by atoms with van der Waals surface area (Å²) in [6.07, 6.45) is 11.5. The minimum atomic E-state index is 1.23. The molecule has 0 saturated heterocycles. The van der Waals surface area contributed by atoms with Gasteiger partial charge in [-0.05, 0) is 11.1 Å². The Kier molecular flexibility index (Phi) is 5.73. The van der Waals surface area contributed by atoms with Gasteiger partial charge in [-0.3, -0.25) is 9.97 Å². The predicted molar refractivity (Wildman–Crippen MR) is 82.7 cm³/mol. The summed E-state index contributed by atoms with van der Waals surface area (Å²) < 4.78 is 0. The Morgan fingerprint density at radius 1 is 0.700 bits per heavy atom. The Morgan fingerprint density at radius 3 is 1.55 bits per heavy atom. The van der Waals surface area contributed by atoms with Crippen LogP contribution in [0.5, 0.6) is 0 Å². The SMILES string of the molecule is C(=Cc1ccccc1)c1ccccc1.[c]1cnccn1. The van der Waals surface area contributed by atoms with Crippen molar-refractivity contribution in [1.82, 2.24) is 9.97 Å². The second-order valence-electron chi connectivity index (χ2n) is 3.99. The minimum absolute atomic E-state index is 1.23. The van der Waals surface area contributed by atoms with Crippen molar-refractivity contribution in [2.45, 2.75) is 0 Å². The molecule has 1 aromatic heterocycles. The van der Waals surface area contributed by atoms with Gasteiger partial charge in [0.15, 0.2) is 0 Å². The molecule has 3 rings (SSSR count). The first-order valence-electron chi connectivity index (χ1n) is 6.35. The average Bonchev–Trinajstić information content (AvgIpc) is 2.57. The van der Waals surface area contributed by atoms with Crippen LogP contribution in [0.3, 0.4) is 0 Å². The molecule has 97 valence electrons. The fourth-order valence-electron chi connectivity index (χ4n) is 1.55. The van der Waals surface area contributed by atoms with Gasteiger partial charge in [0.05, 0.1) is 6.20 Å². The predicted octanol–water partition coefficient (Wildman–Crippen LogP) is 4.13. The van der Waals surface area contributed by atoms with E-state index in [9.17, 15) is 0 Å². The van der Waals surface area contributed by atoms with Crippen molar-refractivity contribution in [2.24, 2.45) is 0 Å². The summed E-state index contributed by atoms with van der Waals surface area (Å²) in [6, 6.07) is 20.6. The van der Waals surface area contributed by atoms with E-state index in [0.29, 0.717) is 0 Å². The lowest BCUT2D eigenvalue weighted by molar-refractivity contribution is 1.19. The molecule has 1 radical (unpaired) electrons. The van der Waals surface area contributed by atoms with Crippen LogP contribution in [-0.4, -0.2) is 9.97 Å². The summed E-state index contributed by atoms with van der Waals surface area (Å²) in [4.78, 5) is 7.26. The van der Waals surface area contributed by atoms with Crippen LogP contribution in [0.25, 0.3) is 12.2 Å². The average molecular weight is 259 g/mol. The van der Waals surface area contributed by atoms with E-state index in [1.165, 1.54) is 17.3 Å². The van der Waals surface area contributed by atoms with Gasteiger partial charge < -0.3 is 0 Å². The van der Waals surface area contributed by atoms with Gasteiger partial charge >= 0.3 is 0 Å². The Balaban J connectivity index is 0.000000205. The molecule has 2 nitrogen and oxygen atoms in total. The Hall–Kier alpha value is -2.74. The molecule has 2 aromatic carbocycles. The number of hydrogen-bond acceptors (Lipinski definition) is 2. The molecule has 0 fully saturated rings. The first-order chi connectivity index (χ1) is 9.95. The van der Waals surface area contributed by atoms with Crippen LogP contribution in [0, 0.1) is 6.20 Å². The first kappa shape index (κ1) is 13.7. The number of benzene rings is 2. The van der Waals surface area contributed by atoms with Gasteiger partial charge in [0.1, 0.15) is 6.20 Å². The summed E-state index contributed by atoms with van der Waals surface area (Å²) in [5.41, 5.74) is 2.47. The van der Waals surface area contributed by atoms with E-state index in [2.05, 4.69) is 52.6 Å². The highest BCUT2D eigenvalue weighted by Crippen LogP contribution is 2.06. The molecule has 0 aliphatic carbocycles. The van der Waals surface area contributed by atoms with Crippen LogP contribution in [-0.2, 0) is 0 Å². The number of rotatable bonds is 2. The van der Waals surface area contributed by atoms with Gasteiger partial charge in [-0.2, -0.15) is 0 Å². The van der Waals surface area contributed by atoms with Crippen LogP contribution in [0.15, 0.2) is 79.3 Å². The molecule has 0 atom stereocenters. The van der Waals surface area contributed by atoms with Crippen molar-refractivity contribution in [1.29, 1.82) is 0 Å². The van der Waals surface area contributed by atoms with Gasteiger partial charge in [-0.1, -0.05) is 72.8 Å². The van der Waals surface area contributed by atoms with Crippen LogP contribution in [0.2, 0.25) is 0 Å². The Labute approximate surface area is 119 Å². The third-order valence-electron chi connectivity index (χ3n) is 2.50. The van der Waals surface area contributed by atoms with Crippen molar-refractivity contribution in [2.75, 3.05) is 0 Å². The highest BCUT2D eigenvalue weighted by atomic mass is 14.7. The first-order valence-corrected chi connectivity index (χ1v) is 6.35. The highest BCUT2D eigenvalue weighted by Gasteiger charge is 1.84. The van der Waals surface area contributed by atoms with E-state index in [1.807, 2.05) is 36.4 Å². The molecule has 3 aromatic rings.